The number of imidazole rings is 1. The highest BCUT2D eigenvalue weighted by atomic mass is 79.9. The number of aromatic nitrogens is 2. The Morgan fingerprint density at radius 2 is 2.31 bits per heavy atom. The van der Waals surface area contributed by atoms with Crippen LogP contribution in [0.4, 0.5) is 0 Å². The van der Waals surface area contributed by atoms with E-state index < -0.39 is 5.97 Å². The minimum absolute atomic E-state index is 0.0244. The molecule has 0 radical (unpaired) electrons. The topological polar surface area (TPSA) is 54.6 Å². The molecule has 2 heterocycles. The van der Waals surface area contributed by atoms with Gasteiger partial charge < -0.3 is 5.11 Å². The van der Waals surface area contributed by atoms with Crippen molar-refractivity contribution in [1.82, 2.24) is 9.38 Å². The average Bonchev–Trinajstić information content (AvgIpc) is 2.46. The van der Waals surface area contributed by atoms with Crippen LogP contribution in [0.2, 0.25) is 0 Å². The Morgan fingerprint density at radius 3 is 3.00 bits per heavy atom. The van der Waals surface area contributed by atoms with Crippen molar-refractivity contribution in [3.05, 3.63) is 34.8 Å². The van der Waals surface area contributed by atoms with Gasteiger partial charge in [0.05, 0.1) is 11.7 Å². The summed E-state index contributed by atoms with van der Waals surface area (Å²) in [5, 5.41) is 8.76. The Kier molecular flexibility index (Phi) is 1.81. The second-order valence-electron chi connectivity index (χ2n) is 2.53. The zero-order valence-corrected chi connectivity index (χ0v) is 8.02. The van der Waals surface area contributed by atoms with Gasteiger partial charge in [-0.1, -0.05) is 0 Å². The van der Waals surface area contributed by atoms with Crippen LogP contribution in [-0.2, 0) is 0 Å². The van der Waals surface area contributed by atoms with Crippen molar-refractivity contribution >= 4 is 27.4 Å². The van der Waals surface area contributed by atoms with E-state index in [1.807, 2.05) is 6.07 Å². The number of hydrogen-bond acceptors (Lipinski definition) is 2. The summed E-state index contributed by atoms with van der Waals surface area (Å²) in [5.74, 6) is -1.01. The summed E-state index contributed by atoms with van der Waals surface area (Å²) >= 11 is 3.26. The van der Waals surface area contributed by atoms with Crippen LogP contribution in [-0.4, -0.2) is 20.5 Å². The average molecular weight is 241 g/mol. The number of carbonyl (C=O) groups is 1. The molecule has 0 aliphatic rings. The first-order valence-electron chi connectivity index (χ1n) is 3.54. The van der Waals surface area contributed by atoms with E-state index in [2.05, 4.69) is 20.9 Å². The third-order valence-corrected chi connectivity index (χ3v) is 2.15. The molecule has 0 aromatic carbocycles. The number of fused-ring (bicyclic) bond motifs is 1. The highest BCUT2D eigenvalue weighted by Crippen LogP contribution is 2.13. The Morgan fingerprint density at radius 1 is 1.54 bits per heavy atom. The van der Waals surface area contributed by atoms with Crippen molar-refractivity contribution in [2.75, 3.05) is 0 Å². The molecule has 0 unspecified atom stereocenters. The van der Waals surface area contributed by atoms with E-state index in [0.29, 0.717) is 0 Å². The molecule has 66 valence electrons. The van der Waals surface area contributed by atoms with E-state index in [9.17, 15) is 4.79 Å². The van der Waals surface area contributed by atoms with Crippen LogP contribution in [0.1, 0.15) is 10.6 Å². The van der Waals surface area contributed by atoms with Crippen LogP contribution in [0.5, 0.6) is 0 Å². The first-order valence-corrected chi connectivity index (χ1v) is 4.33. The van der Waals surface area contributed by atoms with Gasteiger partial charge in [-0.05, 0) is 28.1 Å². The lowest BCUT2D eigenvalue weighted by molar-refractivity contribution is 0.0683. The van der Waals surface area contributed by atoms with Gasteiger partial charge >= 0.3 is 5.97 Å². The maximum Gasteiger partial charge on any atom is 0.372 e. The summed E-state index contributed by atoms with van der Waals surface area (Å²) in [4.78, 5) is 14.5. The van der Waals surface area contributed by atoms with Gasteiger partial charge in [0.25, 0.3) is 0 Å². The minimum atomic E-state index is -1.03. The van der Waals surface area contributed by atoms with Crippen LogP contribution in [0.15, 0.2) is 29.0 Å². The number of carboxylic acids is 1. The number of carboxylic acid groups (broad SMARTS) is 1. The van der Waals surface area contributed by atoms with Crippen molar-refractivity contribution < 1.29 is 9.90 Å². The molecule has 13 heavy (non-hydrogen) atoms. The van der Waals surface area contributed by atoms with Gasteiger partial charge in [0.2, 0.25) is 5.82 Å². The first-order chi connectivity index (χ1) is 6.18. The van der Waals surface area contributed by atoms with Crippen LogP contribution in [0, 0.1) is 0 Å². The Hall–Kier alpha value is -1.36. The van der Waals surface area contributed by atoms with Gasteiger partial charge in [-0.25, -0.2) is 9.78 Å². The van der Waals surface area contributed by atoms with Crippen LogP contribution < -0.4 is 0 Å². The lowest BCUT2D eigenvalue weighted by Crippen LogP contribution is -2.03. The normalized spacial score (nSPS) is 10.5. The maximum absolute atomic E-state index is 10.7. The van der Waals surface area contributed by atoms with E-state index in [1.54, 1.807) is 12.3 Å². The fourth-order valence-electron chi connectivity index (χ4n) is 1.12. The maximum atomic E-state index is 10.7. The number of pyridine rings is 1. The summed E-state index contributed by atoms with van der Waals surface area (Å²) in [7, 11) is 0. The molecule has 0 bridgehead atoms. The SMILES string of the molecule is O=C(O)c1ncc2ccc(Br)cn12. The zero-order chi connectivity index (χ0) is 9.42. The molecule has 0 fully saturated rings. The van der Waals surface area contributed by atoms with E-state index in [0.717, 1.165) is 9.99 Å². The Labute approximate surface area is 82.0 Å². The van der Waals surface area contributed by atoms with Gasteiger partial charge in [-0.15, -0.1) is 0 Å². The number of aromatic carboxylic acids is 1. The van der Waals surface area contributed by atoms with Crippen molar-refractivity contribution in [1.29, 1.82) is 0 Å². The fourth-order valence-corrected chi connectivity index (χ4v) is 1.46. The highest BCUT2D eigenvalue weighted by molar-refractivity contribution is 9.10. The largest absolute Gasteiger partial charge is 0.475 e. The molecule has 2 rings (SSSR count). The molecule has 4 nitrogen and oxygen atoms in total. The summed E-state index contributed by atoms with van der Waals surface area (Å²) in [6, 6.07) is 3.63. The monoisotopic (exact) mass is 240 g/mol. The molecule has 0 saturated carbocycles. The molecular formula is C8H5BrN2O2. The summed E-state index contributed by atoms with van der Waals surface area (Å²) in [6.45, 7) is 0. The molecule has 0 atom stereocenters. The molecule has 5 heteroatoms. The first kappa shape index (κ1) is 8.25. The molecule has 1 N–H and O–H groups in total. The van der Waals surface area contributed by atoms with E-state index >= 15 is 0 Å². The van der Waals surface area contributed by atoms with Crippen molar-refractivity contribution in [2.45, 2.75) is 0 Å². The fraction of sp³-hybridized carbons (Fsp3) is 0. The highest BCUT2D eigenvalue weighted by Gasteiger charge is 2.10. The van der Waals surface area contributed by atoms with Crippen LogP contribution in [0.3, 0.4) is 0 Å². The predicted octanol–water partition coefficient (Wildman–Crippen LogP) is 1.79. The summed E-state index contributed by atoms with van der Waals surface area (Å²) in [5.41, 5.74) is 0.764. The smallest absolute Gasteiger partial charge is 0.372 e. The van der Waals surface area contributed by atoms with Gasteiger partial charge in [0, 0.05) is 10.7 Å². The Balaban J connectivity index is 2.79. The third-order valence-electron chi connectivity index (χ3n) is 1.68. The van der Waals surface area contributed by atoms with Crippen LogP contribution in [0.25, 0.3) is 5.52 Å². The predicted molar refractivity (Wildman–Crippen MR) is 49.9 cm³/mol. The number of hydrogen-bond donors (Lipinski definition) is 1. The molecule has 0 saturated heterocycles. The third kappa shape index (κ3) is 1.31. The summed E-state index contributed by atoms with van der Waals surface area (Å²) < 4.78 is 2.34. The lowest BCUT2D eigenvalue weighted by Gasteiger charge is -1.96. The number of rotatable bonds is 1. The van der Waals surface area contributed by atoms with Crippen molar-refractivity contribution in [3.63, 3.8) is 0 Å². The molecule has 0 amide bonds. The molecule has 2 aromatic rings. The lowest BCUT2D eigenvalue weighted by atomic mass is 10.4. The zero-order valence-electron chi connectivity index (χ0n) is 6.44. The van der Waals surface area contributed by atoms with E-state index in [4.69, 9.17) is 5.11 Å². The molecular weight excluding hydrogens is 236 g/mol. The van der Waals surface area contributed by atoms with Gasteiger partial charge in [0.15, 0.2) is 0 Å². The van der Waals surface area contributed by atoms with E-state index in [1.165, 1.54) is 10.6 Å². The summed E-state index contributed by atoms with van der Waals surface area (Å²) in [6.07, 6.45) is 3.20. The van der Waals surface area contributed by atoms with Crippen molar-refractivity contribution in [2.24, 2.45) is 0 Å². The standard InChI is InChI=1S/C8H5BrN2O2/c9-5-1-2-6-3-10-7(8(12)13)11(6)4-5/h1-4H,(H,12,13). The second kappa shape index (κ2) is 2.85. The second-order valence-corrected chi connectivity index (χ2v) is 3.44. The molecule has 0 aliphatic heterocycles. The quantitative estimate of drug-likeness (QED) is 0.828. The van der Waals surface area contributed by atoms with Gasteiger partial charge in [-0.3, -0.25) is 4.40 Å². The minimum Gasteiger partial charge on any atom is -0.475 e. The van der Waals surface area contributed by atoms with Gasteiger partial charge in [0.1, 0.15) is 0 Å². The van der Waals surface area contributed by atoms with Crippen LogP contribution >= 0.6 is 15.9 Å². The molecule has 2 aromatic heterocycles. The molecule has 0 aliphatic carbocycles. The number of halogens is 1. The number of nitrogens with zero attached hydrogens (tertiary/aromatic N) is 2. The van der Waals surface area contributed by atoms with Crippen molar-refractivity contribution in [3.8, 4) is 0 Å². The molecule has 0 spiro atoms. The van der Waals surface area contributed by atoms with E-state index in [-0.39, 0.29) is 5.82 Å². The van der Waals surface area contributed by atoms with Gasteiger partial charge in [-0.2, -0.15) is 0 Å². The Bertz CT molecular complexity index is 478.